The fourth-order valence-corrected chi connectivity index (χ4v) is 2.63. The number of aliphatic hydroxyl groups excluding tert-OH is 1. The molecule has 0 fully saturated rings. The fourth-order valence-electron chi connectivity index (χ4n) is 1.64. The number of anilines is 1. The van der Waals surface area contributed by atoms with E-state index in [0.717, 1.165) is 15.7 Å². The first-order valence-corrected chi connectivity index (χ1v) is 8.04. The van der Waals surface area contributed by atoms with Crippen molar-refractivity contribution < 1.29 is 9.90 Å². The predicted molar refractivity (Wildman–Crippen MR) is 84.9 cm³/mol. The van der Waals surface area contributed by atoms with Gasteiger partial charge in [0.15, 0.2) is 0 Å². The molecule has 0 saturated carbocycles. The van der Waals surface area contributed by atoms with E-state index in [-0.39, 0.29) is 23.9 Å². The number of benzene rings is 1. The van der Waals surface area contributed by atoms with E-state index in [9.17, 15) is 9.90 Å². The molecule has 2 atom stereocenters. The van der Waals surface area contributed by atoms with Gasteiger partial charge in [-0.05, 0) is 37.8 Å². The molecule has 1 aromatic carbocycles. The molecule has 0 aliphatic heterocycles. The maximum absolute atomic E-state index is 11.9. The summed E-state index contributed by atoms with van der Waals surface area (Å²) in [5.41, 5.74) is 1.75. The van der Waals surface area contributed by atoms with Crippen molar-refractivity contribution in [2.75, 3.05) is 18.2 Å². The number of amides is 2. The molecule has 2 amide bonds. The average Bonchev–Trinajstić information content (AvgIpc) is 2.36. The highest BCUT2D eigenvalue weighted by Gasteiger charge is 2.17. The van der Waals surface area contributed by atoms with Crippen molar-refractivity contribution in [1.29, 1.82) is 0 Å². The van der Waals surface area contributed by atoms with Gasteiger partial charge in [0, 0.05) is 21.5 Å². The summed E-state index contributed by atoms with van der Waals surface area (Å²) >= 11 is 4.96. The maximum Gasteiger partial charge on any atom is 0.319 e. The second-order valence-electron chi connectivity index (χ2n) is 4.26. The van der Waals surface area contributed by atoms with Crippen molar-refractivity contribution in [3.63, 3.8) is 0 Å². The van der Waals surface area contributed by atoms with Crippen molar-refractivity contribution in [1.82, 2.24) is 5.32 Å². The minimum Gasteiger partial charge on any atom is -0.395 e. The van der Waals surface area contributed by atoms with Gasteiger partial charge in [0.1, 0.15) is 0 Å². The van der Waals surface area contributed by atoms with Gasteiger partial charge in [-0.1, -0.05) is 22.0 Å². The van der Waals surface area contributed by atoms with Crippen LogP contribution in [0.15, 0.2) is 22.7 Å². The first-order chi connectivity index (χ1) is 8.99. The molecule has 106 valence electrons. The molecular formula is C13H19BrN2O2S. The van der Waals surface area contributed by atoms with Gasteiger partial charge in [0.2, 0.25) is 0 Å². The molecule has 6 heteroatoms. The molecule has 19 heavy (non-hydrogen) atoms. The summed E-state index contributed by atoms with van der Waals surface area (Å²) in [6.45, 7) is 3.85. The Balaban J connectivity index is 2.63. The Bertz CT molecular complexity index is 439. The van der Waals surface area contributed by atoms with Crippen molar-refractivity contribution in [2.45, 2.75) is 25.1 Å². The number of thioether (sulfide) groups is 1. The lowest BCUT2D eigenvalue weighted by Crippen LogP contribution is -2.43. The molecule has 4 nitrogen and oxygen atoms in total. The van der Waals surface area contributed by atoms with Crippen LogP contribution in [0.2, 0.25) is 0 Å². The third-order valence-electron chi connectivity index (χ3n) is 2.92. The molecule has 3 N–H and O–H groups in total. The summed E-state index contributed by atoms with van der Waals surface area (Å²) in [7, 11) is 0. The lowest BCUT2D eigenvalue weighted by Gasteiger charge is -2.21. The average molecular weight is 347 g/mol. The summed E-state index contributed by atoms with van der Waals surface area (Å²) in [4.78, 5) is 11.9. The molecule has 1 rings (SSSR count). The monoisotopic (exact) mass is 346 g/mol. The summed E-state index contributed by atoms with van der Waals surface area (Å²) < 4.78 is 0.954. The first-order valence-electron chi connectivity index (χ1n) is 5.95. The lowest BCUT2D eigenvalue weighted by atomic mass is 10.2. The van der Waals surface area contributed by atoms with E-state index in [2.05, 4.69) is 26.6 Å². The Kier molecular flexibility index (Phi) is 6.68. The Morgan fingerprint density at radius 1 is 1.53 bits per heavy atom. The van der Waals surface area contributed by atoms with Crippen LogP contribution in [-0.2, 0) is 0 Å². The number of urea groups is 1. The van der Waals surface area contributed by atoms with Crippen LogP contribution < -0.4 is 10.6 Å². The second-order valence-corrected chi connectivity index (χ2v) is 6.19. The van der Waals surface area contributed by atoms with Crippen LogP contribution >= 0.6 is 27.7 Å². The third-order valence-corrected chi connectivity index (χ3v) is 4.94. The predicted octanol–water partition coefficient (Wildman–Crippen LogP) is 2.99. The largest absolute Gasteiger partial charge is 0.395 e. The molecule has 0 saturated heterocycles. The van der Waals surface area contributed by atoms with Gasteiger partial charge in [0.05, 0.1) is 6.61 Å². The number of carbonyl (C=O) groups is 1. The molecule has 0 aliphatic rings. The van der Waals surface area contributed by atoms with Crippen LogP contribution in [0.5, 0.6) is 0 Å². The zero-order valence-electron chi connectivity index (χ0n) is 11.2. The Morgan fingerprint density at radius 2 is 2.21 bits per heavy atom. The highest BCUT2D eigenvalue weighted by Crippen LogP contribution is 2.23. The Morgan fingerprint density at radius 3 is 2.79 bits per heavy atom. The standard InChI is InChI=1S/C13H19BrN2O2S/c1-8-10(14)5-4-6-11(8)16-13(18)15-9(2)12(7-17)19-3/h4-6,9,12,17H,7H2,1-3H3,(H2,15,16,18). The van der Waals surface area contributed by atoms with Gasteiger partial charge in [-0.15, -0.1) is 0 Å². The summed E-state index contributed by atoms with van der Waals surface area (Å²) in [6.07, 6.45) is 1.91. The Labute approximate surface area is 126 Å². The van der Waals surface area contributed by atoms with Gasteiger partial charge in [0.25, 0.3) is 0 Å². The zero-order chi connectivity index (χ0) is 14.4. The normalized spacial score (nSPS) is 13.7. The molecule has 2 unspecified atom stereocenters. The minimum atomic E-state index is -0.263. The Hall–Kier alpha value is -0.720. The van der Waals surface area contributed by atoms with Crippen molar-refractivity contribution >= 4 is 39.4 Å². The van der Waals surface area contributed by atoms with Crippen molar-refractivity contribution in [3.8, 4) is 0 Å². The SMILES string of the molecule is CSC(CO)C(C)NC(=O)Nc1cccc(Br)c1C. The number of hydrogen-bond donors (Lipinski definition) is 3. The van der Waals surface area contributed by atoms with Crippen molar-refractivity contribution in [2.24, 2.45) is 0 Å². The van der Waals surface area contributed by atoms with E-state index in [0.29, 0.717) is 0 Å². The smallest absolute Gasteiger partial charge is 0.319 e. The number of nitrogens with one attached hydrogen (secondary N) is 2. The minimum absolute atomic E-state index is 0.00523. The number of aliphatic hydroxyl groups is 1. The zero-order valence-corrected chi connectivity index (χ0v) is 13.6. The van der Waals surface area contributed by atoms with Crippen LogP contribution in [0.25, 0.3) is 0 Å². The number of rotatable bonds is 5. The van der Waals surface area contributed by atoms with Gasteiger partial charge in [-0.2, -0.15) is 11.8 Å². The number of halogens is 1. The van der Waals surface area contributed by atoms with E-state index in [1.165, 1.54) is 11.8 Å². The van der Waals surface area contributed by atoms with E-state index in [4.69, 9.17) is 0 Å². The quantitative estimate of drug-likeness (QED) is 0.767. The molecule has 0 bridgehead atoms. The molecule has 0 spiro atoms. The van der Waals surface area contributed by atoms with E-state index >= 15 is 0 Å². The molecule has 0 heterocycles. The molecule has 1 aromatic rings. The van der Waals surface area contributed by atoms with Crippen LogP contribution in [0, 0.1) is 6.92 Å². The summed E-state index contributed by atoms with van der Waals surface area (Å²) in [5.74, 6) is 0. The van der Waals surface area contributed by atoms with Crippen LogP contribution in [0.3, 0.4) is 0 Å². The summed E-state index contributed by atoms with van der Waals surface area (Å²) in [5, 5.41) is 14.8. The van der Waals surface area contributed by atoms with Gasteiger partial charge in [-0.25, -0.2) is 4.79 Å². The van der Waals surface area contributed by atoms with E-state index < -0.39 is 0 Å². The van der Waals surface area contributed by atoms with Crippen molar-refractivity contribution in [3.05, 3.63) is 28.2 Å². The highest BCUT2D eigenvalue weighted by atomic mass is 79.9. The molecular weight excluding hydrogens is 328 g/mol. The van der Waals surface area contributed by atoms with Gasteiger partial charge < -0.3 is 15.7 Å². The van der Waals surface area contributed by atoms with Gasteiger partial charge in [-0.3, -0.25) is 0 Å². The second kappa shape index (κ2) is 7.77. The lowest BCUT2D eigenvalue weighted by molar-refractivity contribution is 0.243. The van der Waals surface area contributed by atoms with E-state index in [1.807, 2.05) is 38.3 Å². The highest BCUT2D eigenvalue weighted by molar-refractivity contribution is 9.10. The summed E-state index contributed by atoms with van der Waals surface area (Å²) in [6, 6.07) is 5.28. The van der Waals surface area contributed by atoms with Crippen LogP contribution in [0.1, 0.15) is 12.5 Å². The molecule has 0 radical (unpaired) electrons. The molecule has 0 aromatic heterocycles. The fraction of sp³-hybridized carbons (Fsp3) is 0.462. The topological polar surface area (TPSA) is 61.4 Å². The van der Waals surface area contributed by atoms with E-state index in [1.54, 1.807) is 0 Å². The maximum atomic E-state index is 11.9. The molecule has 0 aliphatic carbocycles. The van der Waals surface area contributed by atoms with Crippen LogP contribution in [-0.4, -0.2) is 35.3 Å². The van der Waals surface area contributed by atoms with Gasteiger partial charge >= 0.3 is 6.03 Å². The first kappa shape index (κ1) is 16.3. The third kappa shape index (κ3) is 4.71. The number of carbonyl (C=O) groups excluding carboxylic acids is 1. The van der Waals surface area contributed by atoms with Crippen LogP contribution in [0.4, 0.5) is 10.5 Å². The number of hydrogen-bond acceptors (Lipinski definition) is 3.